The van der Waals surface area contributed by atoms with Gasteiger partial charge in [-0.3, -0.25) is 0 Å². The molecular weight excluding hydrogens is 316 g/mol. The summed E-state index contributed by atoms with van der Waals surface area (Å²) in [6.07, 6.45) is 16.4. The van der Waals surface area contributed by atoms with Gasteiger partial charge >= 0.3 is 11.9 Å². The summed E-state index contributed by atoms with van der Waals surface area (Å²) >= 11 is 0. The van der Waals surface area contributed by atoms with Gasteiger partial charge in [-0.2, -0.15) is 0 Å². The third-order valence-corrected chi connectivity index (χ3v) is 4.78. The van der Waals surface area contributed by atoms with E-state index in [1.54, 1.807) is 0 Å². The minimum atomic E-state index is -1.16. The molecule has 0 aliphatic rings. The predicted octanol–water partition coefficient (Wildman–Crippen LogP) is 6.20. The zero-order valence-electron chi connectivity index (χ0n) is 16.3. The zero-order valence-corrected chi connectivity index (χ0v) is 16.3. The normalized spacial score (nSPS) is 11.9. The highest BCUT2D eigenvalue weighted by molar-refractivity contribution is 5.95. The Labute approximate surface area is 153 Å². The van der Waals surface area contributed by atoms with Crippen molar-refractivity contribution in [2.24, 2.45) is 5.92 Å². The highest BCUT2D eigenvalue weighted by Crippen LogP contribution is 2.26. The maximum absolute atomic E-state index is 11.5. The van der Waals surface area contributed by atoms with E-state index < -0.39 is 11.9 Å². The standard InChI is InChI=1S/C21H38O4/c1-3-5-7-9-11-13-15-18(16-14-12-10-8-6-4-2)19(21(24)25)17-20(22)23/h17-18H,3-16H2,1-2H3,(H,22,23)(H,24,25). The van der Waals surface area contributed by atoms with Gasteiger partial charge in [0.1, 0.15) is 0 Å². The van der Waals surface area contributed by atoms with Crippen molar-refractivity contribution in [3.63, 3.8) is 0 Å². The van der Waals surface area contributed by atoms with E-state index in [4.69, 9.17) is 5.11 Å². The first-order valence-electron chi connectivity index (χ1n) is 10.2. The molecule has 0 fully saturated rings. The fourth-order valence-corrected chi connectivity index (χ4v) is 3.28. The second-order valence-electron chi connectivity index (χ2n) is 7.05. The van der Waals surface area contributed by atoms with Crippen molar-refractivity contribution < 1.29 is 19.8 Å². The first kappa shape index (κ1) is 23.7. The van der Waals surface area contributed by atoms with Crippen LogP contribution in [0.4, 0.5) is 0 Å². The van der Waals surface area contributed by atoms with Gasteiger partial charge in [0.05, 0.1) is 0 Å². The van der Waals surface area contributed by atoms with Gasteiger partial charge in [-0.1, -0.05) is 90.9 Å². The van der Waals surface area contributed by atoms with Crippen LogP contribution in [0.3, 0.4) is 0 Å². The predicted molar refractivity (Wildman–Crippen MR) is 103 cm³/mol. The Morgan fingerprint density at radius 1 is 0.720 bits per heavy atom. The summed E-state index contributed by atoms with van der Waals surface area (Å²) in [4.78, 5) is 22.5. The quantitative estimate of drug-likeness (QED) is 0.241. The number of unbranched alkanes of at least 4 members (excludes halogenated alkanes) is 10. The maximum Gasteiger partial charge on any atom is 0.332 e. The van der Waals surface area contributed by atoms with E-state index in [0.29, 0.717) is 0 Å². The molecule has 0 radical (unpaired) electrons. The van der Waals surface area contributed by atoms with Crippen LogP contribution >= 0.6 is 0 Å². The van der Waals surface area contributed by atoms with Crippen LogP contribution in [0.25, 0.3) is 0 Å². The number of hydrogen-bond acceptors (Lipinski definition) is 2. The molecule has 0 saturated heterocycles. The summed E-state index contributed by atoms with van der Waals surface area (Å²) in [5.74, 6) is -2.37. The van der Waals surface area contributed by atoms with Gasteiger partial charge in [0.2, 0.25) is 0 Å². The van der Waals surface area contributed by atoms with Crippen LogP contribution in [0, 0.1) is 5.92 Å². The number of carboxylic acid groups (broad SMARTS) is 2. The minimum Gasteiger partial charge on any atom is -0.478 e. The summed E-state index contributed by atoms with van der Waals surface area (Å²) < 4.78 is 0. The van der Waals surface area contributed by atoms with Crippen LogP contribution in [0.15, 0.2) is 11.6 Å². The third-order valence-electron chi connectivity index (χ3n) is 4.78. The first-order chi connectivity index (χ1) is 12.0. The fourth-order valence-electron chi connectivity index (χ4n) is 3.28. The number of rotatable bonds is 17. The van der Waals surface area contributed by atoms with E-state index in [9.17, 15) is 14.7 Å². The summed E-state index contributed by atoms with van der Waals surface area (Å²) in [6.45, 7) is 4.37. The van der Waals surface area contributed by atoms with Gasteiger partial charge in [-0.15, -0.1) is 0 Å². The molecule has 0 spiro atoms. The highest BCUT2D eigenvalue weighted by atomic mass is 16.4. The Morgan fingerprint density at radius 3 is 1.48 bits per heavy atom. The van der Waals surface area contributed by atoms with Crippen LogP contribution in [0.1, 0.15) is 104 Å². The largest absolute Gasteiger partial charge is 0.478 e. The molecule has 0 unspecified atom stereocenters. The molecule has 4 heteroatoms. The Balaban J connectivity index is 4.48. The van der Waals surface area contributed by atoms with E-state index in [2.05, 4.69) is 13.8 Å². The van der Waals surface area contributed by atoms with E-state index in [1.807, 2.05) is 0 Å². The van der Waals surface area contributed by atoms with Gasteiger partial charge in [0.15, 0.2) is 0 Å². The number of carboxylic acids is 2. The molecule has 0 bridgehead atoms. The molecule has 4 nitrogen and oxygen atoms in total. The maximum atomic E-state index is 11.5. The lowest BCUT2D eigenvalue weighted by molar-refractivity contribution is -0.135. The van der Waals surface area contributed by atoms with Crippen molar-refractivity contribution in [2.75, 3.05) is 0 Å². The lowest BCUT2D eigenvalue weighted by atomic mass is 9.87. The van der Waals surface area contributed by atoms with Crippen LogP contribution in [-0.2, 0) is 9.59 Å². The average Bonchev–Trinajstić information content (AvgIpc) is 2.56. The van der Waals surface area contributed by atoms with E-state index >= 15 is 0 Å². The average molecular weight is 355 g/mol. The van der Waals surface area contributed by atoms with Gasteiger partial charge in [0, 0.05) is 11.6 Å². The zero-order chi connectivity index (χ0) is 18.9. The van der Waals surface area contributed by atoms with Crippen molar-refractivity contribution in [3.05, 3.63) is 11.6 Å². The molecule has 146 valence electrons. The molecule has 0 heterocycles. The van der Waals surface area contributed by atoms with Crippen molar-refractivity contribution in [1.29, 1.82) is 0 Å². The molecule has 0 rings (SSSR count). The molecule has 0 aromatic heterocycles. The van der Waals surface area contributed by atoms with Crippen molar-refractivity contribution in [1.82, 2.24) is 0 Å². The molecule has 2 N–H and O–H groups in total. The summed E-state index contributed by atoms with van der Waals surface area (Å²) in [6, 6.07) is 0. The number of carbonyl (C=O) groups is 2. The number of hydrogen-bond donors (Lipinski definition) is 2. The second-order valence-corrected chi connectivity index (χ2v) is 7.05. The molecule has 0 aromatic carbocycles. The molecule has 0 aliphatic heterocycles. The summed E-state index contributed by atoms with van der Waals surface area (Å²) in [5.41, 5.74) is 0.0783. The second kappa shape index (κ2) is 16.2. The van der Waals surface area contributed by atoms with Crippen LogP contribution in [0.2, 0.25) is 0 Å². The smallest absolute Gasteiger partial charge is 0.332 e. The van der Waals surface area contributed by atoms with E-state index in [0.717, 1.165) is 44.6 Å². The minimum absolute atomic E-state index is 0.0783. The number of aliphatic carboxylic acids is 2. The van der Waals surface area contributed by atoms with Crippen LogP contribution in [-0.4, -0.2) is 22.2 Å². The fraction of sp³-hybridized carbons (Fsp3) is 0.810. The van der Waals surface area contributed by atoms with Gasteiger partial charge in [-0.05, 0) is 18.8 Å². The molecule has 0 aromatic rings. The van der Waals surface area contributed by atoms with Crippen LogP contribution < -0.4 is 0 Å². The Hall–Kier alpha value is -1.32. The molecule has 0 atom stereocenters. The van der Waals surface area contributed by atoms with Crippen LogP contribution in [0.5, 0.6) is 0 Å². The molecule has 0 saturated carbocycles. The van der Waals surface area contributed by atoms with E-state index in [1.165, 1.54) is 51.4 Å². The Morgan fingerprint density at radius 2 is 1.12 bits per heavy atom. The Kier molecular flexibility index (Phi) is 15.3. The summed E-state index contributed by atoms with van der Waals surface area (Å²) in [5, 5.41) is 18.4. The molecule has 25 heavy (non-hydrogen) atoms. The molecular formula is C21H38O4. The van der Waals surface area contributed by atoms with Gasteiger partial charge in [0.25, 0.3) is 0 Å². The van der Waals surface area contributed by atoms with Gasteiger partial charge in [-0.25, -0.2) is 9.59 Å². The van der Waals surface area contributed by atoms with Gasteiger partial charge < -0.3 is 10.2 Å². The molecule has 0 aliphatic carbocycles. The molecule has 0 amide bonds. The monoisotopic (exact) mass is 354 g/mol. The lowest BCUT2D eigenvalue weighted by Crippen LogP contribution is -2.15. The van der Waals surface area contributed by atoms with Crippen molar-refractivity contribution in [3.8, 4) is 0 Å². The SMILES string of the molecule is CCCCCCCCC(CCCCCCCC)C(=CC(=O)O)C(=O)O. The topological polar surface area (TPSA) is 74.6 Å². The van der Waals surface area contributed by atoms with E-state index in [-0.39, 0.29) is 11.5 Å². The Bertz CT molecular complexity index is 371. The van der Waals surface area contributed by atoms with Crippen molar-refractivity contribution >= 4 is 11.9 Å². The summed E-state index contributed by atoms with van der Waals surface area (Å²) in [7, 11) is 0. The lowest BCUT2D eigenvalue weighted by Gasteiger charge is -2.17. The van der Waals surface area contributed by atoms with Crippen molar-refractivity contribution in [2.45, 2.75) is 104 Å². The third kappa shape index (κ3) is 13.6. The highest BCUT2D eigenvalue weighted by Gasteiger charge is 2.21. The first-order valence-corrected chi connectivity index (χ1v) is 10.2.